The fraction of sp³-hybridized carbons (Fsp3) is 0.200. The van der Waals surface area contributed by atoms with Crippen molar-refractivity contribution in [2.45, 2.75) is 6.10 Å². The molecule has 0 aliphatic rings. The number of nitrogens with one attached hydrogen (secondary N) is 2. The highest BCUT2D eigenvalue weighted by molar-refractivity contribution is 9.10. The van der Waals surface area contributed by atoms with Gasteiger partial charge >= 0.3 is 0 Å². The van der Waals surface area contributed by atoms with E-state index in [0.717, 1.165) is 6.07 Å². The number of rotatable bonds is 7. The molecule has 1 heterocycles. The Balaban J connectivity index is 2.34. The number of carbonyl (C=O) groups is 1. The van der Waals surface area contributed by atoms with Crippen LogP contribution in [0.1, 0.15) is 10.4 Å². The van der Waals surface area contributed by atoms with Crippen molar-refractivity contribution in [3.8, 4) is 0 Å². The predicted octanol–water partition coefficient (Wildman–Crippen LogP) is 2.23. The normalized spacial score (nSPS) is 11.9. The van der Waals surface area contributed by atoms with Crippen molar-refractivity contribution < 1.29 is 28.6 Å². The molecule has 0 aliphatic carbocycles. The van der Waals surface area contributed by atoms with E-state index in [1.165, 1.54) is 12.3 Å². The van der Waals surface area contributed by atoms with Crippen molar-refractivity contribution in [3.05, 3.63) is 44.5 Å². The van der Waals surface area contributed by atoms with Crippen molar-refractivity contribution in [1.82, 2.24) is 10.5 Å². The lowest BCUT2D eigenvalue weighted by Crippen LogP contribution is -2.30. The number of carbonyl (C=O) groups excluding carboxylic acids is 1. The molecule has 12 heteroatoms. The number of aromatic nitrogens is 1. The summed E-state index contributed by atoms with van der Waals surface area (Å²) in [7, 11) is 0. The number of hydroxylamine groups is 1. The molecule has 1 aromatic carbocycles. The third-order valence-corrected chi connectivity index (χ3v) is 4.35. The number of hydrogen-bond acceptors (Lipinski definition) is 7. The minimum Gasteiger partial charge on any atom is -0.397 e. The highest BCUT2D eigenvalue weighted by Gasteiger charge is 2.23. The minimum absolute atomic E-state index is 0.0930. The Morgan fingerprint density at radius 2 is 2.00 bits per heavy atom. The Bertz CT molecular complexity index is 857. The third-order valence-electron chi connectivity index (χ3n) is 3.16. The fourth-order valence-corrected chi connectivity index (χ4v) is 2.74. The van der Waals surface area contributed by atoms with Crippen LogP contribution in [-0.2, 0) is 4.84 Å². The van der Waals surface area contributed by atoms with Crippen LogP contribution in [0.15, 0.2) is 27.3 Å². The molecule has 146 valence electrons. The van der Waals surface area contributed by atoms with Gasteiger partial charge in [0.25, 0.3) is 5.91 Å². The van der Waals surface area contributed by atoms with Crippen LogP contribution in [0.3, 0.4) is 0 Å². The summed E-state index contributed by atoms with van der Waals surface area (Å²) in [4.78, 5) is 21.0. The second kappa shape index (κ2) is 9.37. The zero-order chi connectivity index (χ0) is 20.1. The first-order valence-corrected chi connectivity index (χ1v) is 8.89. The van der Waals surface area contributed by atoms with E-state index in [-0.39, 0.29) is 15.9 Å². The van der Waals surface area contributed by atoms with Gasteiger partial charge in [0.1, 0.15) is 18.5 Å². The number of pyridine rings is 1. The van der Waals surface area contributed by atoms with Gasteiger partial charge in [0.2, 0.25) is 0 Å². The van der Waals surface area contributed by atoms with Gasteiger partial charge in [-0.15, -0.1) is 0 Å². The summed E-state index contributed by atoms with van der Waals surface area (Å²) in [5.41, 5.74) is 7.11. The average molecular weight is 512 g/mol. The van der Waals surface area contributed by atoms with Crippen LogP contribution >= 0.6 is 31.9 Å². The number of halogens is 4. The third kappa shape index (κ3) is 5.32. The second-order valence-electron chi connectivity index (χ2n) is 5.21. The Hall–Kier alpha value is -1.86. The lowest BCUT2D eigenvalue weighted by atomic mass is 10.1. The average Bonchev–Trinajstić information content (AvgIpc) is 2.63. The lowest BCUT2D eigenvalue weighted by molar-refractivity contribution is -0.0295. The number of nitrogens with two attached hydrogens (primary N) is 1. The largest absolute Gasteiger partial charge is 0.397 e. The first-order chi connectivity index (χ1) is 12.7. The molecule has 0 saturated carbocycles. The maximum Gasteiger partial charge on any atom is 0.277 e. The van der Waals surface area contributed by atoms with Crippen molar-refractivity contribution in [2.75, 3.05) is 24.3 Å². The number of benzene rings is 1. The molecular weight excluding hydrogens is 498 g/mol. The number of hydrogen-bond donors (Lipinski definition) is 5. The van der Waals surface area contributed by atoms with Gasteiger partial charge in [-0.1, -0.05) is 0 Å². The molecule has 0 spiro atoms. The quantitative estimate of drug-likeness (QED) is 0.284. The summed E-state index contributed by atoms with van der Waals surface area (Å²) in [5, 5.41) is 20.4. The predicted molar refractivity (Wildman–Crippen MR) is 100 cm³/mol. The molecule has 1 amide bonds. The first-order valence-electron chi connectivity index (χ1n) is 7.31. The second-order valence-corrected chi connectivity index (χ2v) is 6.92. The van der Waals surface area contributed by atoms with Gasteiger partial charge in [-0.2, -0.15) is 0 Å². The van der Waals surface area contributed by atoms with Crippen LogP contribution in [0.4, 0.5) is 26.0 Å². The molecule has 6 N–H and O–H groups in total. The van der Waals surface area contributed by atoms with Gasteiger partial charge in [0.05, 0.1) is 38.7 Å². The van der Waals surface area contributed by atoms with E-state index in [2.05, 4.69) is 42.2 Å². The molecule has 8 nitrogen and oxygen atoms in total. The molecule has 0 unspecified atom stereocenters. The number of nitrogens with zero attached hydrogens (tertiary/aromatic N) is 1. The highest BCUT2D eigenvalue weighted by Crippen LogP contribution is 2.33. The van der Waals surface area contributed by atoms with E-state index in [1.54, 1.807) is 0 Å². The molecule has 27 heavy (non-hydrogen) atoms. The van der Waals surface area contributed by atoms with Gasteiger partial charge in [0, 0.05) is 0 Å². The summed E-state index contributed by atoms with van der Waals surface area (Å²) in [6.45, 7) is -0.975. The van der Waals surface area contributed by atoms with Crippen molar-refractivity contribution in [2.24, 2.45) is 0 Å². The summed E-state index contributed by atoms with van der Waals surface area (Å²) in [5.74, 6) is -3.36. The van der Waals surface area contributed by atoms with E-state index in [0.29, 0.717) is 10.2 Å². The van der Waals surface area contributed by atoms with Crippen LogP contribution < -0.4 is 16.5 Å². The molecule has 0 radical (unpaired) electrons. The zero-order valence-electron chi connectivity index (χ0n) is 13.5. The molecule has 1 aromatic heterocycles. The molecule has 0 saturated heterocycles. The Labute approximate surface area is 168 Å². The number of aliphatic hydroxyl groups excluding tert-OH is 2. The number of aliphatic hydroxyl groups is 2. The summed E-state index contributed by atoms with van der Waals surface area (Å²) < 4.78 is 28.5. The first kappa shape index (κ1) is 21.4. The standard InChI is InChI=1S/C15H14Br2F2N4O4/c16-9-2-8(15(26)23-27-5-7(25)4-24)13(12(19)11(9)18)22-14-10(17)1-6(20)3-21-14/h1-3,7,24-25H,4-5,20H2,(H,21,22)(H,23,26)/t7-/m1/s1. The zero-order valence-corrected chi connectivity index (χ0v) is 16.6. The Morgan fingerprint density at radius 1 is 1.30 bits per heavy atom. The van der Waals surface area contributed by atoms with Gasteiger partial charge in [0.15, 0.2) is 11.6 Å². The number of nitrogen functional groups attached to an aromatic ring is 1. The fourth-order valence-electron chi connectivity index (χ4n) is 1.87. The maximum atomic E-state index is 14.5. The van der Waals surface area contributed by atoms with Crippen molar-refractivity contribution in [1.29, 1.82) is 0 Å². The molecular formula is C15H14Br2F2N4O4. The summed E-state index contributed by atoms with van der Waals surface area (Å²) in [6, 6.07) is 2.54. The van der Waals surface area contributed by atoms with E-state index < -0.39 is 42.5 Å². The maximum absolute atomic E-state index is 14.5. The summed E-state index contributed by atoms with van der Waals surface area (Å²) in [6.07, 6.45) is 0.0776. The van der Waals surface area contributed by atoms with Crippen molar-refractivity contribution >= 4 is 55.0 Å². The highest BCUT2D eigenvalue weighted by atomic mass is 79.9. The Kier molecular flexibility index (Phi) is 7.44. The van der Waals surface area contributed by atoms with Gasteiger partial charge in [-0.05, 0) is 44.0 Å². The van der Waals surface area contributed by atoms with Crippen LogP contribution in [0.25, 0.3) is 0 Å². The lowest BCUT2D eigenvalue weighted by Gasteiger charge is -2.15. The van der Waals surface area contributed by atoms with Gasteiger partial charge < -0.3 is 21.3 Å². The minimum atomic E-state index is -1.32. The molecule has 0 aliphatic heterocycles. The topological polar surface area (TPSA) is 130 Å². The van der Waals surface area contributed by atoms with Gasteiger partial charge in [-0.25, -0.2) is 19.2 Å². The van der Waals surface area contributed by atoms with Crippen LogP contribution in [0.2, 0.25) is 0 Å². The monoisotopic (exact) mass is 510 g/mol. The summed E-state index contributed by atoms with van der Waals surface area (Å²) >= 11 is 6.02. The van der Waals surface area contributed by atoms with E-state index in [1.807, 2.05) is 5.48 Å². The smallest absolute Gasteiger partial charge is 0.277 e. The molecule has 2 aromatic rings. The molecule has 1 atom stereocenters. The Morgan fingerprint density at radius 3 is 2.63 bits per heavy atom. The van der Waals surface area contributed by atoms with Crippen LogP contribution in [0, 0.1) is 11.6 Å². The van der Waals surface area contributed by atoms with E-state index in [4.69, 9.17) is 15.7 Å². The molecule has 2 rings (SSSR count). The molecule has 0 fully saturated rings. The number of anilines is 3. The molecule has 0 bridgehead atoms. The van der Waals surface area contributed by atoms with Crippen LogP contribution in [-0.4, -0.2) is 40.4 Å². The van der Waals surface area contributed by atoms with E-state index in [9.17, 15) is 18.7 Å². The van der Waals surface area contributed by atoms with Crippen LogP contribution in [0.5, 0.6) is 0 Å². The number of amides is 1. The van der Waals surface area contributed by atoms with E-state index >= 15 is 0 Å². The SMILES string of the molecule is Nc1cnc(Nc2c(C(=O)NOC[C@H](O)CO)cc(Br)c(F)c2F)c(Br)c1. The van der Waals surface area contributed by atoms with Crippen molar-refractivity contribution in [3.63, 3.8) is 0 Å². The van der Waals surface area contributed by atoms with Gasteiger partial charge in [-0.3, -0.25) is 9.63 Å².